The third kappa shape index (κ3) is 5.28. The van der Waals surface area contributed by atoms with Crippen LogP contribution in [0, 0.1) is 13.8 Å². The van der Waals surface area contributed by atoms with Crippen molar-refractivity contribution in [3.05, 3.63) is 21.4 Å². The van der Waals surface area contributed by atoms with Crippen molar-refractivity contribution in [2.24, 2.45) is 0 Å². The van der Waals surface area contributed by atoms with Crippen LogP contribution in [0.3, 0.4) is 0 Å². The van der Waals surface area contributed by atoms with E-state index < -0.39 is 0 Å². The van der Waals surface area contributed by atoms with Crippen LogP contribution in [0.25, 0.3) is 0 Å². The fourth-order valence-electron chi connectivity index (χ4n) is 3.05. The molecule has 2 atom stereocenters. The van der Waals surface area contributed by atoms with Crippen molar-refractivity contribution in [1.82, 2.24) is 10.2 Å². The highest BCUT2D eigenvalue weighted by Crippen LogP contribution is 2.22. The highest BCUT2D eigenvalue weighted by Gasteiger charge is 2.24. The van der Waals surface area contributed by atoms with Crippen LogP contribution in [-0.4, -0.2) is 36.0 Å². The fourth-order valence-corrected chi connectivity index (χ4v) is 4.03. The molecule has 1 aromatic rings. The Hall–Kier alpha value is -0.580. The molecule has 1 aliphatic heterocycles. The van der Waals surface area contributed by atoms with E-state index in [1.807, 2.05) is 16.2 Å². The average molecular weight is 331 g/mol. The van der Waals surface area contributed by atoms with Gasteiger partial charge in [0.2, 0.25) is 5.91 Å². The lowest BCUT2D eigenvalue weighted by Crippen LogP contribution is -2.55. The Labute approximate surface area is 138 Å². The molecular formula is C16H27ClN2OS. The number of nitrogens with one attached hydrogen (secondary N) is 1. The van der Waals surface area contributed by atoms with Crippen LogP contribution in [-0.2, 0) is 11.2 Å². The second-order valence-electron chi connectivity index (χ2n) is 6.06. The fraction of sp³-hybridized carbons (Fsp3) is 0.688. The highest BCUT2D eigenvalue weighted by atomic mass is 35.5. The first kappa shape index (κ1) is 18.5. The third-order valence-corrected chi connectivity index (χ3v) is 4.90. The van der Waals surface area contributed by atoms with E-state index in [9.17, 15) is 4.79 Å². The van der Waals surface area contributed by atoms with Crippen molar-refractivity contribution in [2.75, 3.05) is 13.1 Å². The Morgan fingerprint density at radius 3 is 2.48 bits per heavy atom. The molecule has 1 aliphatic rings. The van der Waals surface area contributed by atoms with Crippen LogP contribution >= 0.6 is 23.7 Å². The van der Waals surface area contributed by atoms with Gasteiger partial charge in [0, 0.05) is 41.3 Å². The summed E-state index contributed by atoms with van der Waals surface area (Å²) in [6.45, 7) is 10.3. The Morgan fingerprint density at radius 2 is 1.95 bits per heavy atom. The number of amides is 1. The zero-order valence-electron chi connectivity index (χ0n) is 13.4. The second-order valence-corrected chi connectivity index (χ2v) is 7.52. The number of hydrogen-bond donors (Lipinski definition) is 1. The predicted molar refractivity (Wildman–Crippen MR) is 92.6 cm³/mol. The zero-order chi connectivity index (χ0) is 14.7. The van der Waals surface area contributed by atoms with Crippen molar-refractivity contribution in [2.45, 2.75) is 59.0 Å². The smallest absolute Gasteiger partial charge is 0.222 e. The maximum absolute atomic E-state index is 12.3. The molecule has 120 valence electrons. The molecule has 0 radical (unpaired) electrons. The summed E-state index contributed by atoms with van der Waals surface area (Å²) < 4.78 is 0. The number of thiophene rings is 1. The van der Waals surface area contributed by atoms with Gasteiger partial charge >= 0.3 is 0 Å². The number of carbonyl (C=O) groups is 1. The molecule has 1 saturated heterocycles. The van der Waals surface area contributed by atoms with Crippen LogP contribution in [0.5, 0.6) is 0 Å². The zero-order valence-corrected chi connectivity index (χ0v) is 15.1. The summed E-state index contributed by atoms with van der Waals surface area (Å²) in [6, 6.07) is 3.08. The van der Waals surface area contributed by atoms with E-state index in [-0.39, 0.29) is 12.4 Å². The molecule has 5 heteroatoms. The van der Waals surface area contributed by atoms with Gasteiger partial charge in [0.1, 0.15) is 0 Å². The minimum absolute atomic E-state index is 0. The molecule has 0 aromatic carbocycles. The Balaban J connectivity index is 0.00000220. The number of piperazine rings is 1. The lowest BCUT2D eigenvalue weighted by atomic mass is 10.1. The molecule has 0 aliphatic carbocycles. The van der Waals surface area contributed by atoms with E-state index in [0.717, 1.165) is 25.9 Å². The van der Waals surface area contributed by atoms with Gasteiger partial charge in [-0.15, -0.1) is 23.7 Å². The van der Waals surface area contributed by atoms with Crippen LogP contribution < -0.4 is 5.32 Å². The molecule has 21 heavy (non-hydrogen) atoms. The van der Waals surface area contributed by atoms with Gasteiger partial charge in [-0.3, -0.25) is 4.79 Å². The van der Waals surface area contributed by atoms with E-state index in [1.54, 1.807) is 0 Å². The summed E-state index contributed by atoms with van der Waals surface area (Å²) >= 11 is 1.85. The molecule has 1 N–H and O–H groups in total. The van der Waals surface area contributed by atoms with Gasteiger partial charge in [-0.1, -0.05) is 0 Å². The minimum atomic E-state index is 0. The second kappa shape index (κ2) is 8.16. The summed E-state index contributed by atoms with van der Waals surface area (Å²) in [4.78, 5) is 17.1. The predicted octanol–water partition coefficient (Wildman–Crippen LogP) is 3.32. The van der Waals surface area contributed by atoms with Gasteiger partial charge in [-0.25, -0.2) is 0 Å². The maximum atomic E-state index is 12.3. The molecule has 2 rings (SSSR count). The molecule has 1 aromatic heterocycles. The van der Waals surface area contributed by atoms with Crippen molar-refractivity contribution < 1.29 is 4.79 Å². The van der Waals surface area contributed by atoms with E-state index in [4.69, 9.17) is 0 Å². The number of halogens is 1. The molecule has 0 saturated carbocycles. The molecule has 0 spiro atoms. The quantitative estimate of drug-likeness (QED) is 0.918. The largest absolute Gasteiger partial charge is 0.340 e. The molecule has 0 bridgehead atoms. The summed E-state index contributed by atoms with van der Waals surface area (Å²) in [5.41, 5.74) is 1.42. The topological polar surface area (TPSA) is 32.3 Å². The monoisotopic (exact) mass is 330 g/mol. The van der Waals surface area contributed by atoms with Crippen molar-refractivity contribution in [1.29, 1.82) is 0 Å². The first-order chi connectivity index (χ1) is 9.45. The standard InChI is InChI=1S/C16H26N2OS.ClH/c1-11-9-18(10-12(2)17-11)16(19)7-5-6-15-8-13(3)20-14(15)4;/h8,11-12,17H,5-7,9-10H2,1-4H3;1H. The van der Waals surface area contributed by atoms with Crippen LogP contribution in [0.1, 0.15) is 42.0 Å². The SMILES string of the molecule is Cc1cc(CCCC(=O)N2CC(C)NC(C)C2)c(C)s1.Cl. The number of rotatable bonds is 4. The highest BCUT2D eigenvalue weighted by molar-refractivity contribution is 7.12. The van der Waals surface area contributed by atoms with Crippen LogP contribution in [0.2, 0.25) is 0 Å². The molecular weight excluding hydrogens is 304 g/mol. The van der Waals surface area contributed by atoms with Gasteiger partial charge < -0.3 is 10.2 Å². The van der Waals surface area contributed by atoms with E-state index >= 15 is 0 Å². The van der Waals surface area contributed by atoms with Gasteiger partial charge in [-0.2, -0.15) is 0 Å². The lowest BCUT2D eigenvalue weighted by molar-refractivity contribution is -0.133. The lowest BCUT2D eigenvalue weighted by Gasteiger charge is -2.36. The van der Waals surface area contributed by atoms with Gasteiger partial charge in [0.05, 0.1) is 0 Å². The first-order valence-corrected chi connectivity index (χ1v) is 8.37. The number of aryl methyl sites for hydroxylation is 3. The third-order valence-electron chi connectivity index (χ3n) is 3.89. The summed E-state index contributed by atoms with van der Waals surface area (Å²) in [5, 5.41) is 3.46. The Kier molecular flexibility index (Phi) is 7.17. The molecule has 3 nitrogen and oxygen atoms in total. The maximum Gasteiger partial charge on any atom is 0.222 e. The molecule has 1 amide bonds. The van der Waals surface area contributed by atoms with Gasteiger partial charge in [0.25, 0.3) is 0 Å². The Bertz CT molecular complexity index is 465. The van der Waals surface area contributed by atoms with E-state index in [0.29, 0.717) is 24.4 Å². The van der Waals surface area contributed by atoms with Crippen molar-refractivity contribution >= 4 is 29.7 Å². The Morgan fingerprint density at radius 1 is 1.33 bits per heavy atom. The number of nitrogens with zero attached hydrogens (tertiary/aromatic N) is 1. The van der Waals surface area contributed by atoms with E-state index in [1.165, 1.54) is 15.3 Å². The molecule has 2 unspecified atom stereocenters. The van der Waals surface area contributed by atoms with Crippen molar-refractivity contribution in [3.63, 3.8) is 0 Å². The summed E-state index contributed by atoms with van der Waals surface area (Å²) in [7, 11) is 0. The van der Waals surface area contributed by atoms with Crippen LogP contribution in [0.4, 0.5) is 0 Å². The van der Waals surface area contributed by atoms with Gasteiger partial charge in [-0.05, 0) is 52.2 Å². The van der Waals surface area contributed by atoms with Crippen LogP contribution in [0.15, 0.2) is 6.07 Å². The number of hydrogen-bond acceptors (Lipinski definition) is 3. The summed E-state index contributed by atoms with van der Waals surface area (Å²) in [5.74, 6) is 0.315. The summed E-state index contributed by atoms with van der Waals surface area (Å²) in [6.07, 6.45) is 2.66. The first-order valence-electron chi connectivity index (χ1n) is 7.55. The molecule has 1 fully saturated rings. The average Bonchev–Trinajstić information content (AvgIpc) is 2.66. The molecule has 2 heterocycles. The van der Waals surface area contributed by atoms with E-state index in [2.05, 4.69) is 39.1 Å². The number of carbonyl (C=O) groups excluding carboxylic acids is 1. The van der Waals surface area contributed by atoms with Gasteiger partial charge in [0.15, 0.2) is 0 Å². The van der Waals surface area contributed by atoms with Crippen molar-refractivity contribution in [3.8, 4) is 0 Å². The normalized spacial score (nSPS) is 22.0. The minimum Gasteiger partial charge on any atom is -0.340 e.